The van der Waals surface area contributed by atoms with E-state index in [4.69, 9.17) is 0 Å². The maximum absolute atomic E-state index is 14.9. The monoisotopic (exact) mass is 533 g/mol. The van der Waals surface area contributed by atoms with Gasteiger partial charge in [-0.3, -0.25) is 9.59 Å². The Morgan fingerprint density at radius 3 is 2.55 bits per heavy atom. The molecule has 40 heavy (non-hydrogen) atoms. The number of rotatable bonds is 5. The van der Waals surface area contributed by atoms with E-state index in [-0.39, 0.29) is 28.2 Å². The first-order valence-electron chi connectivity index (χ1n) is 13.1. The van der Waals surface area contributed by atoms with Crippen molar-refractivity contribution in [2.24, 2.45) is 0 Å². The van der Waals surface area contributed by atoms with E-state index in [1.807, 2.05) is 30.3 Å². The molecule has 1 saturated heterocycles. The molecule has 0 spiro atoms. The van der Waals surface area contributed by atoms with Gasteiger partial charge in [-0.1, -0.05) is 48.5 Å². The van der Waals surface area contributed by atoms with Gasteiger partial charge in [0.05, 0.1) is 22.7 Å². The molecule has 0 aliphatic carbocycles. The third kappa shape index (κ3) is 3.87. The molecule has 2 N–H and O–H groups in total. The van der Waals surface area contributed by atoms with E-state index in [2.05, 4.69) is 49.3 Å². The topological polar surface area (TPSA) is 113 Å². The zero-order chi connectivity index (χ0) is 27.2. The number of Topliss-reactive ketones (excluding diaryl/α,β-unsaturated/α-hetero) is 1. The van der Waals surface area contributed by atoms with Crippen LogP contribution < -0.4 is 0 Å². The molecule has 5 heterocycles. The highest BCUT2D eigenvalue weighted by Gasteiger charge is 2.32. The molecule has 0 atom stereocenters. The number of halogens is 1. The summed E-state index contributed by atoms with van der Waals surface area (Å²) in [5, 5.41) is 5.23. The van der Waals surface area contributed by atoms with Crippen LogP contribution in [-0.2, 0) is 4.79 Å². The van der Waals surface area contributed by atoms with E-state index >= 15 is 0 Å². The Hall–Kier alpha value is -5.12. The van der Waals surface area contributed by atoms with Gasteiger partial charge in [-0.25, -0.2) is 19.0 Å². The van der Waals surface area contributed by atoms with Gasteiger partial charge in [0.25, 0.3) is 11.7 Å². The number of piperidine rings is 1. The van der Waals surface area contributed by atoms with Crippen molar-refractivity contribution in [1.82, 2.24) is 34.6 Å². The number of nitrogens with zero attached hydrogens (tertiary/aromatic N) is 5. The lowest BCUT2D eigenvalue weighted by atomic mass is 9.86. The SMILES string of the molecule is O=C(C(=O)N1CCC(c2c(-c3ccccc3)[nH]c3ccccc23)CC1)c1c[nH]c2c(-n3cncn3)ncc(F)c12. The van der Waals surface area contributed by atoms with Crippen molar-refractivity contribution in [1.29, 1.82) is 0 Å². The number of nitrogens with one attached hydrogen (secondary N) is 2. The van der Waals surface area contributed by atoms with Crippen LogP contribution >= 0.6 is 0 Å². The van der Waals surface area contributed by atoms with Crippen LogP contribution in [-0.4, -0.2) is 59.4 Å². The van der Waals surface area contributed by atoms with Gasteiger partial charge in [0.2, 0.25) is 0 Å². The van der Waals surface area contributed by atoms with Gasteiger partial charge in [0, 0.05) is 35.9 Å². The van der Waals surface area contributed by atoms with Crippen LogP contribution in [0.4, 0.5) is 4.39 Å². The summed E-state index contributed by atoms with van der Waals surface area (Å²) >= 11 is 0. The van der Waals surface area contributed by atoms with Crippen LogP contribution in [0.3, 0.4) is 0 Å². The molecule has 0 saturated carbocycles. The highest BCUT2D eigenvalue weighted by Crippen LogP contribution is 2.40. The number of aromatic amines is 2. The third-order valence-electron chi connectivity index (χ3n) is 7.72. The first-order chi connectivity index (χ1) is 19.6. The first kappa shape index (κ1) is 24.0. The van der Waals surface area contributed by atoms with Crippen molar-refractivity contribution < 1.29 is 14.0 Å². The van der Waals surface area contributed by atoms with Crippen LogP contribution in [0, 0.1) is 5.82 Å². The molecular weight excluding hydrogens is 509 g/mol. The summed E-state index contributed by atoms with van der Waals surface area (Å²) in [5.41, 5.74) is 4.77. The molecule has 0 unspecified atom stereocenters. The standard InChI is InChI=1S/C30H24FN7O2/c31-22-15-34-29(38-17-32-16-35-38)27-25(22)21(14-33-27)28(39)30(40)37-12-10-18(11-13-37)24-20-8-4-5-9-23(20)36-26(24)19-6-2-1-3-7-19/h1-9,14-18,33,36H,10-13H2. The average molecular weight is 534 g/mol. The number of hydrogen-bond acceptors (Lipinski definition) is 5. The van der Waals surface area contributed by atoms with Gasteiger partial charge in [-0.2, -0.15) is 5.10 Å². The van der Waals surface area contributed by atoms with E-state index in [0.717, 1.165) is 23.0 Å². The minimum Gasteiger partial charge on any atom is -0.357 e. The Kier molecular flexibility index (Phi) is 5.73. The van der Waals surface area contributed by atoms with E-state index in [1.165, 1.54) is 34.5 Å². The normalized spacial score (nSPS) is 14.3. The number of carbonyl (C=O) groups is 2. The number of ketones is 1. The number of benzene rings is 2. The molecule has 1 aliphatic heterocycles. The lowest BCUT2D eigenvalue weighted by Crippen LogP contribution is -2.41. The predicted octanol–water partition coefficient (Wildman–Crippen LogP) is 5.02. The predicted molar refractivity (Wildman–Crippen MR) is 148 cm³/mol. The number of para-hydroxylation sites is 1. The minimum absolute atomic E-state index is 0.0139. The fraction of sp³-hybridized carbons (Fsp3) is 0.167. The largest absolute Gasteiger partial charge is 0.357 e. The second-order valence-corrected chi connectivity index (χ2v) is 9.94. The Labute approximate surface area is 227 Å². The number of amides is 1. The van der Waals surface area contributed by atoms with Gasteiger partial charge in [0.15, 0.2) is 11.6 Å². The molecule has 10 heteroatoms. The molecule has 0 radical (unpaired) electrons. The lowest BCUT2D eigenvalue weighted by molar-refractivity contribution is -0.127. The Bertz CT molecular complexity index is 1870. The molecule has 9 nitrogen and oxygen atoms in total. The molecule has 7 rings (SSSR count). The van der Waals surface area contributed by atoms with Crippen LogP contribution in [0.15, 0.2) is 79.6 Å². The van der Waals surface area contributed by atoms with Crippen molar-refractivity contribution >= 4 is 33.5 Å². The average Bonchev–Trinajstić information content (AvgIpc) is 3.77. The first-order valence-corrected chi connectivity index (χ1v) is 13.1. The summed E-state index contributed by atoms with van der Waals surface area (Å²) in [6.07, 6.45) is 6.56. The van der Waals surface area contributed by atoms with Gasteiger partial charge < -0.3 is 14.9 Å². The molecule has 198 valence electrons. The molecule has 1 aliphatic rings. The maximum atomic E-state index is 14.9. The highest BCUT2D eigenvalue weighted by atomic mass is 19.1. The number of aromatic nitrogens is 6. The fourth-order valence-electron chi connectivity index (χ4n) is 5.82. The number of pyridine rings is 1. The van der Waals surface area contributed by atoms with Crippen molar-refractivity contribution in [3.05, 3.63) is 96.6 Å². The van der Waals surface area contributed by atoms with Crippen molar-refractivity contribution in [3.8, 4) is 17.1 Å². The van der Waals surface area contributed by atoms with Crippen molar-refractivity contribution in [3.63, 3.8) is 0 Å². The van der Waals surface area contributed by atoms with Gasteiger partial charge in [-0.05, 0) is 36.0 Å². The minimum atomic E-state index is -0.753. The van der Waals surface area contributed by atoms with Gasteiger partial charge in [-0.15, -0.1) is 0 Å². The fourth-order valence-corrected chi connectivity index (χ4v) is 5.82. The molecule has 2 aromatic carbocycles. The zero-order valence-corrected chi connectivity index (χ0v) is 21.3. The molecule has 4 aromatic heterocycles. The molecule has 1 fully saturated rings. The second kappa shape index (κ2) is 9.57. The molecular formula is C30H24FN7O2. The van der Waals surface area contributed by atoms with Crippen molar-refractivity contribution in [2.75, 3.05) is 13.1 Å². The van der Waals surface area contributed by atoms with E-state index < -0.39 is 17.5 Å². The maximum Gasteiger partial charge on any atom is 0.295 e. The molecule has 6 aromatic rings. The van der Waals surface area contributed by atoms with Crippen LogP contribution in [0.1, 0.15) is 34.7 Å². The number of fused-ring (bicyclic) bond motifs is 2. The quantitative estimate of drug-likeness (QED) is 0.239. The lowest BCUT2D eigenvalue weighted by Gasteiger charge is -2.32. The van der Waals surface area contributed by atoms with E-state index in [9.17, 15) is 14.0 Å². The van der Waals surface area contributed by atoms with Crippen LogP contribution in [0.25, 0.3) is 38.9 Å². The van der Waals surface area contributed by atoms with Gasteiger partial charge in [0.1, 0.15) is 12.7 Å². The van der Waals surface area contributed by atoms with Crippen LogP contribution in [0.5, 0.6) is 0 Å². The van der Waals surface area contributed by atoms with Crippen LogP contribution in [0.2, 0.25) is 0 Å². The Morgan fingerprint density at radius 1 is 1.00 bits per heavy atom. The highest BCUT2D eigenvalue weighted by molar-refractivity contribution is 6.45. The number of hydrogen-bond donors (Lipinski definition) is 2. The summed E-state index contributed by atoms with van der Waals surface area (Å²) in [5.74, 6) is -1.58. The molecule has 1 amide bonds. The number of carbonyl (C=O) groups excluding carboxylic acids is 2. The summed E-state index contributed by atoms with van der Waals surface area (Å²) in [6, 6.07) is 18.5. The number of likely N-dealkylation sites (tertiary alicyclic amines) is 1. The summed E-state index contributed by atoms with van der Waals surface area (Å²) < 4.78 is 16.2. The Morgan fingerprint density at radius 2 is 1.77 bits per heavy atom. The van der Waals surface area contributed by atoms with Crippen molar-refractivity contribution in [2.45, 2.75) is 18.8 Å². The smallest absolute Gasteiger partial charge is 0.295 e. The Balaban J connectivity index is 1.15. The zero-order valence-electron chi connectivity index (χ0n) is 21.3. The third-order valence-corrected chi connectivity index (χ3v) is 7.72. The van der Waals surface area contributed by atoms with E-state index in [0.29, 0.717) is 25.9 Å². The van der Waals surface area contributed by atoms with Gasteiger partial charge >= 0.3 is 0 Å². The number of H-pyrrole nitrogens is 2. The summed E-state index contributed by atoms with van der Waals surface area (Å²) in [7, 11) is 0. The summed E-state index contributed by atoms with van der Waals surface area (Å²) in [6.45, 7) is 0.860. The molecule has 0 bridgehead atoms. The summed E-state index contributed by atoms with van der Waals surface area (Å²) in [4.78, 5) is 42.8. The van der Waals surface area contributed by atoms with E-state index in [1.54, 1.807) is 4.90 Å². The second-order valence-electron chi connectivity index (χ2n) is 9.94.